The summed E-state index contributed by atoms with van der Waals surface area (Å²) in [5.74, 6) is 0. The molecule has 2 aliphatic heterocycles. The van der Waals surface area contributed by atoms with Crippen LogP contribution in [-0.2, 0) is 25.4 Å². The molecule has 0 bridgehead atoms. The number of epoxide rings is 2. The van der Waals surface area contributed by atoms with Crippen LogP contribution in [0.1, 0.15) is 66.5 Å². The van der Waals surface area contributed by atoms with Gasteiger partial charge in [-0.1, -0.05) is 60.7 Å². The maximum Gasteiger partial charge on any atom is 0.127 e. The van der Waals surface area contributed by atoms with Crippen LogP contribution in [0.4, 0.5) is 0 Å². The average Bonchev–Trinajstić information content (AvgIpc) is 3.43. The second-order valence-electron chi connectivity index (χ2n) is 10.2. The fourth-order valence-corrected chi connectivity index (χ4v) is 5.10. The lowest BCUT2D eigenvalue weighted by Crippen LogP contribution is -2.54. The summed E-state index contributed by atoms with van der Waals surface area (Å²) in [7, 11) is 0. The third kappa shape index (κ3) is 2.67. The molecule has 4 unspecified atom stereocenters. The molecule has 2 aromatic rings. The Bertz CT molecular complexity index is 831. The van der Waals surface area contributed by atoms with Gasteiger partial charge in [-0.2, -0.15) is 0 Å². The van der Waals surface area contributed by atoms with E-state index in [-0.39, 0.29) is 11.2 Å². The molecule has 2 aromatic carbocycles. The Morgan fingerprint density at radius 1 is 0.586 bits per heavy atom. The van der Waals surface area contributed by atoms with Crippen molar-refractivity contribution in [3.8, 4) is 0 Å². The SMILES string of the molecule is CC1(C)OC1(C)C(C)(OC(C)(c1ccccc1)C1(C)OC1(C)C)c1ccccc1. The molecule has 2 heterocycles. The number of ether oxygens (including phenoxy) is 3. The molecule has 4 atom stereocenters. The Kier molecular flexibility index (Phi) is 4.21. The third-order valence-corrected chi connectivity index (χ3v) is 8.01. The largest absolute Gasteiger partial charge is 0.360 e. The normalized spacial score (nSPS) is 33.4. The van der Waals surface area contributed by atoms with Gasteiger partial charge in [0.1, 0.15) is 22.4 Å². The van der Waals surface area contributed by atoms with Crippen LogP contribution < -0.4 is 0 Å². The van der Waals surface area contributed by atoms with Crippen molar-refractivity contribution in [2.75, 3.05) is 0 Å². The number of hydrogen-bond acceptors (Lipinski definition) is 3. The molecule has 0 amide bonds. The Labute approximate surface area is 175 Å². The van der Waals surface area contributed by atoms with E-state index in [2.05, 4.69) is 104 Å². The highest BCUT2D eigenvalue weighted by atomic mass is 16.7. The summed E-state index contributed by atoms with van der Waals surface area (Å²) in [6, 6.07) is 20.9. The van der Waals surface area contributed by atoms with Crippen LogP contribution in [0.5, 0.6) is 0 Å². The summed E-state index contributed by atoms with van der Waals surface area (Å²) in [6.07, 6.45) is 0. The van der Waals surface area contributed by atoms with E-state index >= 15 is 0 Å². The van der Waals surface area contributed by atoms with Gasteiger partial charge in [-0.15, -0.1) is 0 Å². The van der Waals surface area contributed by atoms with Gasteiger partial charge in [-0.25, -0.2) is 0 Å². The molecular weight excluding hydrogens is 360 g/mol. The maximum absolute atomic E-state index is 7.27. The summed E-state index contributed by atoms with van der Waals surface area (Å²) in [6.45, 7) is 17.2. The minimum atomic E-state index is -0.673. The van der Waals surface area contributed by atoms with Gasteiger partial charge >= 0.3 is 0 Å². The highest BCUT2D eigenvalue weighted by Gasteiger charge is 2.76. The summed E-state index contributed by atoms with van der Waals surface area (Å²) in [4.78, 5) is 0. The Hall–Kier alpha value is -1.68. The molecule has 0 aliphatic carbocycles. The molecule has 3 nitrogen and oxygen atoms in total. The molecule has 29 heavy (non-hydrogen) atoms. The standard InChI is InChI=1S/C26H34O3/c1-21(2)25(7,27-21)23(5,19-15-11-9-12-16-19)29-24(6,20-17-13-10-14-18-20)26(8)22(3,4)28-26/h9-18H,1-8H3. The van der Waals surface area contributed by atoms with Crippen LogP contribution in [0.25, 0.3) is 0 Å². The van der Waals surface area contributed by atoms with Gasteiger partial charge in [0, 0.05) is 0 Å². The lowest BCUT2D eigenvalue weighted by molar-refractivity contribution is -0.207. The molecule has 2 saturated heterocycles. The van der Waals surface area contributed by atoms with Gasteiger partial charge in [-0.05, 0) is 66.5 Å². The van der Waals surface area contributed by atoms with Crippen molar-refractivity contribution in [3.05, 3.63) is 71.8 Å². The quantitative estimate of drug-likeness (QED) is 0.566. The molecule has 156 valence electrons. The molecule has 0 aromatic heterocycles. The Morgan fingerprint density at radius 3 is 1.10 bits per heavy atom. The van der Waals surface area contributed by atoms with Gasteiger partial charge in [0.15, 0.2) is 0 Å². The molecule has 3 heteroatoms. The van der Waals surface area contributed by atoms with Crippen LogP contribution in [-0.4, -0.2) is 22.4 Å². The highest BCUT2D eigenvalue weighted by Crippen LogP contribution is 2.65. The van der Waals surface area contributed by atoms with Gasteiger partial charge in [0.05, 0.1) is 11.2 Å². The Morgan fingerprint density at radius 2 is 0.862 bits per heavy atom. The van der Waals surface area contributed by atoms with E-state index in [4.69, 9.17) is 14.2 Å². The molecule has 2 aliphatic rings. The molecule has 0 spiro atoms. The topological polar surface area (TPSA) is 34.3 Å². The number of benzene rings is 2. The van der Waals surface area contributed by atoms with Crippen LogP contribution in [0.15, 0.2) is 60.7 Å². The van der Waals surface area contributed by atoms with Gasteiger partial charge < -0.3 is 14.2 Å². The van der Waals surface area contributed by atoms with Crippen LogP contribution >= 0.6 is 0 Å². The minimum Gasteiger partial charge on any atom is -0.360 e. The number of hydrogen-bond donors (Lipinski definition) is 0. The van der Waals surface area contributed by atoms with Gasteiger partial charge in [0.2, 0.25) is 0 Å². The molecule has 2 fully saturated rings. The third-order valence-electron chi connectivity index (χ3n) is 8.01. The van der Waals surface area contributed by atoms with Crippen molar-refractivity contribution in [1.29, 1.82) is 0 Å². The highest BCUT2D eigenvalue weighted by molar-refractivity contribution is 5.37. The second kappa shape index (κ2) is 5.94. The first-order valence-electron chi connectivity index (χ1n) is 10.5. The van der Waals surface area contributed by atoms with E-state index in [0.717, 1.165) is 11.1 Å². The summed E-state index contributed by atoms with van der Waals surface area (Å²) in [5, 5.41) is 0. The zero-order valence-corrected chi connectivity index (χ0v) is 19.0. The Balaban J connectivity index is 1.88. The smallest absolute Gasteiger partial charge is 0.127 e. The van der Waals surface area contributed by atoms with Crippen molar-refractivity contribution in [1.82, 2.24) is 0 Å². The van der Waals surface area contributed by atoms with Gasteiger partial charge in [0.25, 0.3) is 0 Å². The summed E-state index contributed by atoms with van der Waals surface area (Å²) >= 11 is 0. The maximum atomic E-state index is 7.27. The van der Waals surface area contributed by atoms with E-state index in [9.17, 15) is 0 Å². The minimum absolute atomic E-state index is 0.282. The van der Waals surface area contributed by atoms with Crippen molar-refractivity contribution in [2.45, 2.75) is 89.0 Å². The number of rotatable bonds is 6. The fourth-order valence-electron chi connectivity index (χ4n) is 5.10. The van der Waals surface area contributed by atoms with E-state index in [0.29, 0.717) is 0 Å². The first kappa shape index (κ1) is 20.6. The molecule has 0 saturated carbocycles. The summed E-state index contributed by atoms with van der Waals surface area (Å²) < 4.78 is 19.9. The van der Waals surface area contributed by atoms with Crippen molar-refractivity contribution < 1.29 is 14.2 Å². The van der Waals surface area contributed by atoms with E-state index in [1.807, 2.05) is 12.1 Å². The average molecular weight is 395 g/mol. The fraction of sp³-hybridized carbons (Fsp3) is 0.538. The predicted octanol–water partition coefficient (Wildman–Crippen LogP) is 5.97. The lowest BCUT2D eigenvalue weighted by atomic mass is 9.73. The molecule has 4 rings (SSSR count). The van der Waals surface area contributed by atoms with Crippen LogP contribution in [0, 0.1) is 0 Å². The second-order valence-corrected chi connectivity index (χ2v) is 10.2. The van der Waals surface area contributed by atoms with Crippen molar-refractivity contribution >= 4 is 0 Å². The van der Waals surface area contributed by atoms with Crippen molar-refractivity contribution in [2.24, 2.45) is 0 Å². The lowest BCUT2D eigenvalue weighted by Gasteiger charge is -2.46. The molecule has 0 radical (unpaired) electrons. The monoisotopic (exact) mass is 394 g/mol. The van der Waals surface area contributed by atoms with E-state index in [1.54, 1.807) is 0 Å². The van der Waals surface area contributed by atoms with E-state index < -0.39 is 22.4 Å². The first-order chi connectivity index (χ1) is 13.3. The van der Waals surface area contributed by atoms with Crippen LogP contribution in [0.2, 0.25) is 0 Å². The van der Waals surface area contributed by atoms with Crippen molar-refractivity contribution in [3.63, 3.8) is 0 Å². The zero-order chi connectivity index (χ0) is 21.3. The molecular formula is C26H34O3. The van der Waals surface area contributed by atoms with Gasteiger partial charge in [-0.3, -0.25) is 0 Å². The molecule has 0 N–H and O–H groups in total. The summed E-state index contributed by atoms with van der Waals surface area (Å²) in [5.41, 5.74) is -0.624. The first-order valence-corrected chi connectivity index (χ1v) is 10.5. The van der Waals surface area contributed by atoms with E-state index in [1.165, 1.54) is 0 Å². The van der Waals surface area contributed by atoms with Crippen LogP contribution in [0.3, 0.4) is 0 Å². The zero-order valence-electron chi connectivity index (χ0n) is 19.0. The predicted molar refractivity (Wildman–Crippen MR) is 116 cm³/mol.